The quantitative estimate of drug-likeness (QED) is 0.0654. The number of aliphatic carboxylic acids is 1. The molecule has 0 amide bonds. The molecular weight excluding hydrogens is 692 g/mol. The van der Waals surface area contributed by atoms with Gasteiger partial charge in [-0.3, -0.25) is 14.4 Å². The summed E-state index contributed by atoms with van der Waals surface area (Å²) in [6.07, 6.45) is -18.5. The minimum atomic E-state index is -2.04. The summed E-state index contributed by atoms with van der Waals surface area (Å²) in [4.78, 5) is 36.4. The highest BCUT2D eigenvalue weighted by molar-refractivity contribution is 5.95. The average Bonchev–Trinajstić information content (AvgIpc) is 3.07. The van der Waals surface area contributed by atoms with Crippen LogP contribution >= 0.6 is 0 Å². The molecule has 2 saturated heterocycles. The highest BCUT2D eigenvalue weighted by Crippen LogP contribution is 2.40. The first-order chi connectivity index (χ1) is 24.1. The van der Waals surface area contributed by atoms with Crippen molar-refractivity contribution in [2.75, 3.05) is 19.8 Å². The van der Waals surface area contributed by atoms with Crippen molar-refractivity contribution in [1.29, 1.82) is 0 Å². The minimum absolute atomic E-state index is 0.123. The number of rotatable bonds is 12. The van der Waals surface area contributed by atoms with Crippen LogP contribution < -0.4 is 14.9 Å². The van der Waals surface area contributed by atoms with Gasteiger partial charge in [0, 0.05) is 17.7 Å². The number of aromatic hydroxyl groups is 3. The second-order valence-corrected chi connectivity index (χ2v) is 11.7. The summed E-state index contributed by atoms with van der Waals surface area (Å²) in [6, 6.07) is 5.11. The lowest BCUT2D eigenvalue weighted by molar-refractivity contribution is -0.279. The second-order valence-electron chi connectivity index (χ2n) is 11.7. The fourth-order valence-electron chi connectivity index (χ4n) is 5.36. The number of fused-ring (bicyclic) bond motifs is 1. The van der Waals surface area contributed by atoms with Gasteiger partial charge in [-0.05, 0) is 18.2 Å². The second kappa shape index (κ2) is 15.3. The van der Waals surface area contributed by atoms with Crippen LogP contribution in [0.4, 0.5) is 0 Å². The van der Waals surface area contributed by atoms with Crippen LogP contribution in [0.2, 0.25) is 0 Å². The van der Waals surface area contributed by atoms with Gasteiger partial charge in [-0.15, -0.1) is 0 Å². The highest BCUT2D eigenvalue weighted by Gasteiger charge is 2.47. The summed E-state index contributed by atoms with van der Waals surface area (Å²) in [5.74, 6) is -5.86. The maximum Gasteiger partial charge on any atom is 0.310 e. The Bertz CT molecular complexity index is 1810. The van der Waals surface area contributed by atoms with Gasteiger partial charge in [-0.25, -0.2) is 0 Å². The van der Waals surface area contributed by atoms with E-state index in [1.165, 1.54) is 6.07 Å². The normalized spacial score (nSPS) is 29.5. The van der Waals surface area contributed by atoms with Crippen molar-refractivity contribution in [3.05, 3.63) is 40.6 Å². The van der Waals surface area contributed by atoms with Crippen molar-refractivity contribution < 1.29 is 93.9 Å². The third-order valence-electron chi connectivity index (χ3n) is 8.04. The summed E-state index contributed by atoms with van der Waals surface area (Å²) >= 11 is 0. The molecule has 2 aliphatic heterocycles. The standard InChI is InChI=1S/C31H34O20/c32-7-17-21(39)24(42)26(44)30(49-17)47-12-5-15(36)20-16(6-12)48-28(10-1-2-13(34)14(35)3-10)29(23(20)41)51-31-27(45)25(43)22(40)18(50-31)9-46-8-11(33)4-19(37)38/h1-3,5-6,17-18,21-22,24-27,30-32,34-36,39-40,42-45H,4,7-9H2,(H,37,38). The fourth-order valence-corrected chi connectivity index (χ4v) is 5.36. The van der Waals surface area contributed by atoms with Crippen molar-refractivity contribution >= 4 is 22.7 Å². The predicted molar refractivity (Wildman–Crippen MR) is 163 cm³/mol. The first-order valence-electron chi connectivity index (χ1n) is 15.1. The number of phenols is 3. The maximum atomic E-state index is 13.9. The van der Waals surface area contributed by atoms with E-state index in [0.717, 1.165) is 24.3 Å². The molecule has 3 aromatic rings. The lowest BCUT2D eigenvalue weighted by Crippen LogP contribution is -2.60. The third-order valence-corrected chi connectivity index (χ3v) is 8.04. The van der Waals surface area contributed by atoms with Crippen molar-refractivity contribution in [2.45, 2.75) is 67.8 Å². The van der Waals surface area contributed by atoms with E-state index in [9.17, 15) is 65.4 Å². The molecule has 0 radical (unpaired) electrons. The molecule has 2 fully saturated rings. The Balaban J connectivity index is 1.51. The zero-order valence-corrected chi connectivity index (χ0v) is 26.1. The van der Waals surface area contributed by atoms with Crippen LogP contribution in [-0.4, -0.2) is 149 Å². The van der Waals surface area contributed by atoms with E-state index >= 15 is 0 Å². The summed E-state index contributed by atoms with van der Waals surface area (Å²) in [5.41, 5.74) is -1.66. The molecule has 51 heavy (non-hydrogen) atoms. The number of carbonyl (C=O) groups excluding carboxylic acids is 1. The van der Waals surface area contributed by atoms with Gasteiger partial charge >= 0.3 is 5.97 Å². The van der Waals surface area contributed by atoms with Crippen LogP contribution in [0.5, 0.6) is 28.7 Å². The number of carboxylic acids is 1. The van der Waals surface area contributed by atoms with Gasteiger partial charge in [-0.1, -0.05) is 0 Å². The first-order valence-corrected chi connectivity index (χ1v) is 15.1. The molecule has 0 spiro atoms. The molecule has 0 aliphatic carbocycles. The molecule has 10 unspecified atom stereocenters. The van der Waals surface area contributed by atoms with Crippen molar-refractivity contribution in [3.8, 4) is 40.1 Å². The molecule has 0 saturated carbocycles. The van der Waals surface area contributed by atoms with Crippen LogP contribution in [0.25, 0.3) is 22.3 Å². The van der Waals surface area contributed by atoms with E-state index < -0.39 is 145 Å². The van der Waals surface area contributed by atoms with Gasteiger partial charge in [0.15, 0.2) is 23.0 Å². The topological polar surface area (TPSA) is 333 Å². The van der Waals surface area contributed by atoms with Crippen molar-refractivity contribution in [2.24, 2.45) is 0 Å². The molecule has 0 bridgehead atoms. The number of ketones is 1. The lowest BCUT2D eigenvalue weighted by Gasteiger charge is -2.40. The Hall–Kier alpha value is -4.61. The molecular formula is C31H34O20. The van der Waals surface area contributed by atoms with Gasteiger partial charge in [0.05, 0.1) is 13.2 Å². The Morgan fingerprint density at radius 1 is 0.745 bits per heavy atom. The number of carbonyl (C=O) groups is 2. The molecule has 20 nitrogen and oxygen atoms in total. The molecule has 278 valence electrons. The Morgan fingerprint density at radius 2 is 1.37 bits per heavy atom. The summed E-state index contributed by atoms with van der Waals surface area (Å²) in [7, 11) is 0. The predicted octanol–water partition coefficient (Wildman–Crippen LogP) is -3.00. The van der Waals surface area contributed by atoms with E-state index in [-0.39, 0.29) is 11.3 Å². The monoisotopic (exact) mass is 726 g/mol. The molecule has 5 rings (SSSR count). The van der Waals surface area contributed by atoms with E-state index in [1.807, 2.05) is 0 Å². The summed E-state index contributed by atoms with van der Waals surface area (Å²) in [6.45, 7) is -2.07. The Kier molecular flexibility index (Phi) is 11.3. The molecule has 10 atom stereocenters. The Morgan fingerprint density at radius 3 is 2.00 bits per heavy atom. The van der Waals surface area contributed by atoms with Gasteiger partial charge in [0.1, 0.15) is 84.3 Å². The van der Waals surface area contributed by atoms with Gasteiger partial charge in [0.2, 0.25) is 23.8 Å². The van der Waals surface area contributed by atoms with Gasteiger partial charge < -0.3 is 84.3 Å². The van der Waals surface area contributed by atoms with E-state index in [2.05, 4.69) is 0 Å². The van der Waals surface area contributed by atoms with Crippen LogP contribution in [0, 0.1) is 0 Å². The van der Waals surface area contributed by atoms with Gasteiger partial charge in [-0.2, -0.15) is 0 Å². The molecule has 2 aliphatic rings. The molecule has 20 heteroatoms. The average molecular weight is 727 g/mol. The number of aliphatic hydroxyl groups is 7. The number of ether oxygens (including phenoxy) is 5. The lowest BCUT2D eigenvalue weighted by atomic mass is 9.99. The van der Waals surface area contributed by atoms with E-state index in [4.69, 9.17) is 33.2 Å². The zero-order valence-electron chi connectivity index (χ0n) is 26.1. The van der Waals surface area contributed by atoms with Crippen LogP contribution in [-0.2, 0) is 23.8 Å². The van der Waals surface area contributed by atoms with Crippen LogP contribution in [0.3, 0.4) is 0 Å². The number of benzene rings is 2. The SMILES string of the molecule is O=C(O)CC(=O)COCC1OC(Oc2c(-c3ccc(O)c(O)c3)oc3cc(OC4OC(CO)C(O)C(O)C4O)cc(O)c3c2=O)C(O)C(O)C1O. The molecule has 2 aromatic carbocycles. The zero-order chi connectivity index (χ0) is 37.3. The molecule has 11 N–H and O–H groups in total. The summed E-state index contributed by atoms with van der Waals surface area (Å²) < 4.78 is 33.1. The first kappa shape index (κ1) is 37.6. The number of carboxylic acid groups (broad SMARTS) is 1. The third kappa shape index (κ3) is 7.84. The number of aliphatic hydroxyl groups excluding tert-OH is 7. The molecule has 3 heterocycles. The summed E-state index contributed by atoms with van der Waals surface area (Å²) in [5, 5.41) is 111. The number of hydrogen-bond donors (Lipinski definition) is 11. The van der Waals surface area contributed by atoms with Gasteiger partial charge in [0.25, 0.3) is 0 Å². The van der Waals surface area contributed by atoms with E-state index in [0.29, 0.717) is 0 Å². The number of Topliss-reactive ketones (excluding diaryl/α,β-unsaturated/α-hetero) is 1. The number of phenolic OH excluding ortho intramolecular Hbond substituents is 3. The fraction of sp³-hybridized carbons (Fsp3) is 0.452. The van der Waals surface area contributed by atoms with Crippen molar-refractivity contribution in [1.82, 2.24) is 0 Å². The smallest absolute Gasteiger partial charge is 0.310 e. The maximum absolute atomic E-state index is 13.9. The van der Waals surface area contributed by atoms with Crippen molar-refractivity contribution in [3.63, 3.8) is 0 Å². The van der Waals surface area contributed by atoms with Crippen LogP contribution in [0.15, 0.2) is 39.5 Å². The minimum Gasteiger partial charge on any atom is -0.507 e. The number of hydrogen-bond acceptors (Lipinski definition) is 19. The van der Waals surface area contributed by atoms with Crippen LogP contribution in [0.1, 0.15) is 6.42 Å². The largest absolute Gasteiger partial charge is 0.507 e. The Labute approximate surface area is 285 Å². The molecule has 1 aromatic heterocycles. The highest BCUT2D eigenvalue weighted by atomic mass is 16.7. The van der Waals surface area contributed by atoms with E-state index in [1.54, 1.807) is 0 Å².